The molecule has 1 nitrogen and oxygen atoms in total. The second-order valence-electron chi connectivity index (χ2n) is 1.56. The second-order valence-corrected chi connectivity index (χ2v) is 3.28. The van der Waals surface area contributed by atoms with Crippen LogP contribution in [0.5, 0.6) is 0 Å². The molecule has 1 N–H and O–H groups in total. The molecule has 10 heavy (non-hydrogen) atoms. The molecule has 1 heterocycles. The van der Waals surface area contributed by atoms with Gasteiger partial charge in [-0.2, -0.15) is 0 Å². The lowest BCUT2D eigenvalue weighted by Gasteiger charge is -1.74. The van der Waals surface area contributed by atoms with Gasteiger partial charge in [0.05, 0.1) is 9.21 Å². The number of halogens is 1. The van der Waals surface area contributed by atoms with E-state index in [1.807, 2.05) is 6.07 Å². The molecule has 0 aliphatic rings. The van der Waals surface area contributed by atoms with Gasteiger partial charge in [0.25, 0.3) is 0 Å². The first-order chi connectivity index (χ1) is 4.83. The Morgan fingerprint density at radius 3 is 2.90 bits per heavy atom. The van der Waals surface area contributed by atoms with E-state index < -0.39 is 0 Å². The smallest absolute Gasteiger partial charge is 0.104 e. The van der Waals surface area contributed by atoms with Crippen molar-refractivity contribution in [1.82, 2.24) is 0 Å². The third-order valence-electron chi connectivity index (χ3n) is 0.864. The quantitative estimate of drug-likeness (QED) is 0.592. The minimum atomic E-state index is -0.102. The molecule has 0 fully saturated rings. The lowest BCUT2D eigenvalue weighted by Crippen LogP contribution is -1.70. The molecule has 0 bridgehead atoms. The summed E-state index contributed by atoms with van der Waals surface area (Å²) in [4.78, 5) is 0.888. The molecule has 0 aliphatic heterocycles. The maximum absolute atomic E-state index is 8.33. The van der Waals surface area contributed by atoms with Gasteiger partial charge in [-0.25, -0.2) is 0 Å². The van der Waals surface area contributed by atoms with E-state index in [-0.39, 0.29) is 6.61 Å². The summed E-state index contributed by atoms with van der Waals surface area (Å²) in [6.45, 7) is -0.102. The number of hydrogen-bond donors (Lipinski definition) is 1. The Morgan fingerprint density at radius 2 is 2.40 bits per heavy atom. The third kappa shape index (κ3) is 2.03. The topological polar surface area (TPSA) is 20.2 Å². The highest BCUT2D eigenvalue weighted by Gasteiger charge is 1.90. The van der Waals surface area contributed by atoms with Gasteiger partial charge >= 0.3 is 0 Å². The van der Waals surface area contributed by atoms with Crippen molar-refractivity contribution in [3.8, 4) is 11.8 Å². The van der Waals surface area contributed by atoms with Crippen LogP contribution in [0.15, 0.2) is 12.1 Å². The maximum Gasteiger partial charge on any atom is 0.104 e. The van der Waals surface area contributed by atoms with Crippen molar-refractivity contribution in [2.24, 2.45) is 0 Å². The Kier molecular flexibility index (Phi) is 2.76. The van der Waals surface area contributed by atoms with Gasteiger partial charge in [-0.1, -0.05) is 23.4 Å². The van der Waals surface area contributed by atoms with Gasteiger partial charge in [0.1, 0.15) is 6.61 Å². The molecule has 1 rings (SSSR count). The fraction of sp³-hybridized carbons (Fsp3) is 0.143. The van der Waals surface area contributed by atoms with Crippen LogP contribution in [-0.2, 0) is 0 Å². The average Bonchev–Trinajstić information content (AvgIpc) is 2.31. The molecule has 0 atom stereocenters. The van der Waals surface area contributed by atoms with Crippen molar-refractivity contribution in [2.45, 2.75) is 0 Å². The monoisotopic (exact) mass is 172 g/mol. The highest BCUT2D eigenvalue weighted by Crippen LogP contribution is 2.19. The van der Waals surface area contributed by atoms with Crippen molar-refractivity contribution < 1.29 is 5.11 Å². The molecule has 0 radical (unpaired) electrons. The van der Waals surface area contributed by atoms with E-state index in [0.29, 0.717) is 0 Å². The number of aliphatic hydroxyl groups excluding tert-OH is 1. The van der Waals surface area contributed by atoms with Crippen molar-refractivity contribution in [1.29, 1.82) is 0 Å². The zero-order valence-corrected chi connectivity index (χ0v) is 6.67. The predicted molar refractivity (Wildman–Crippen MR) is 43.3 cm³/mol. The molecule has 0 spiro atoms. The van der Waals surface area contributed by atoms with Crippen LogP contribution in [0.1, 0.15) is 4.88 Å². The number of hydrogen-bond acceptors (Lipinski definition) is 2. The van der Waals surface area contributed by atoms with Crippen LogP contribution in [0.25, 0.3) is 0 Å². The Morgan fingerprint density at radius 1 is 1.60 bits per heavy atom. The van der Waals surface area contributed by atoms with Gasteiger partial charge in [-0.15, -0.1) is 11.3 Å². The lowest BCUT2D eigenvalue weighted by molar-refractivity contribution is 0.350. The van der Waals surface area contributed by atoms with Crippen LogP contribution >= 0.6 is 22.9 Å². The molecule has 3 heteroatoms. The van der Waals surface area contributed by atoms with Crippen molar-refractivity contribution in [3.05, 3.63) is 21.3 Å². The SMILES string of the molecule is OCC#Cc1ccc(Cl)s1. The summed E-state index contributed by atoms with van der Waals surface area (Å²) in [7, 11) is 0. The fourth-order valence-corrected chi connectivity index (χ4v) is 1.43. The second kappa shape index (κ2) is 3.62. The molecule has 0 aliphatic carbocycles. The zero-order valence-electron chi connectivity index (χ0n) is 5.10. The summed E-state index contributed by atoms with van der Waals surface area (Å²) in [6, 6.07) is 3.61. The van der Waals surface area contributed by atoms with Gasteiger partial charge < -0.3 is 5.11 Å². The molecule has 0 saturated carbocycles. The minimum Gasteiger partial charge on any atom is -0.384 e. The van der Waals surface area contributed by atoms with Crippen LogP contribution in [0.2, 0.25) is 4.34 Å². The van der Waals surface area contributed by atoms with Gasteiger partial charge in [0.2, 0.25) is 0 Å². The summed E-state index contributed by atoms with van der Waals surface area (Å²) in [5.74, 6) is 5.28. The first-order valence-electron chi connectivity index (χ1n) is 2.68. The van der Waals surface area contributed by atoms with Gasteiger partial charge in [0.15, 0.2) is 0 Å². The normalized spacial score (nSPS) is 8.60. The highest BCUT2D eigenvalue weighted by molar-refractivity contribution is 7.16. The summed E-state index contributed by atoms with van der Waals surface area (Å²) < 4.78 is 0.724. The van der Waals surface area contributed by atoms with Gasteiger partial charge in [-0.3, -0.25) is 0 Å². The van der Waals surface area contributed by atoms with Crippen molar-refractivity contribution >= 4 is 22.9 Å². The highest BCUT2D eigenvalue weighted by atomic mass is 35.5. The summed E-state index contributed by atoms with van der Waals surface area (Å²) in [6.07, 6.45) is 0. The average molecular weight is 173 g/mol. The molecular formula is C7H5ClOS. The molecular weight excluding hydrogens is 168 g/mol. The van der Waals surface area contributed by atoms with E-state index in [2.05, 4.69) is 11.8 Å². The van der Waals surface area contributed by atoms with Gasteiger partial charge in [0, 0.05) is 0 Å². The van der Waals surface area contributed by atoms with E-state index in [0.717, 1.165) is 9.21 Å². The summed E-state index contributed by atoms with van der Waals surface area (Å²) in [5.41, 5.74) is 0. The molecule has 52 valence electrons. The molecule has 1 aromatic rings. The van der Waals surface area contributed by atoms with E-state index in [1.54, 1.807) is 6.07 Å². The van der Waals surface area contributed by atoms with E-state index in [9.17, 15) is 0 Å². The van der Waals surface area contributed by atoms with Crippen LogP contribution in [0.4, 0.5) is 0 Å². The Hall–Kier alpha value is -0.490. The predicted octanol–water partition coefficient (Wildman–Crippen LogP) is 1.75. The Balaban J connectivity index is 2.76. The molecule has 0 saturated heterocycles. The van der Waals surface area contributed by atoms with Crippen molar-refractivity contribution in [2.75, 3.05) is 6.61 Å². The zero-order chi connectivity index (χ0) is 7.40. The Bertz CT molecular complexity index is 269. The molecule has 0 unspecified atom stereocenters. The fourth-order valence-electron chi connectivity index (χ4n) is 0.508. The van der Waals surface area contributed by atoms with Gasteiger partial charge in [-0.05, 0) is 12.1 Å². The largest absolute Gasteiger partial charge is 0.384 e. The lowest BCUT2D eigenvalue weighted by atomic mass is 10.5. The summed E-state index contributed by atoms with van der Waals surface area (Å²) >= 11 is 7.04. The number of thiophene rings is 1. The van der Waals surface area contributed by atoms with E-state index >= 15 is 0 Å². The first-order valence-corrected chi connectivity index (χ1v) is 3.87. The summed E-state index contributed by atoms with van der Waals surface area (Å²) in [5, 5.41) is 8.33. The standard InChI is InChI=1S/C7H5ClOS/c8-7-4-3-6(10-7)2-1-5-9/h3-4,9H,5H2. The van der Waals surface area contributed by atoms with Crippen LogP contribution in [0.3, 0.4) is 0 Å². The van der Waals surface area contributed by atoms with E-state index in [1.165, 1.54) is 11.3 Å². The maximum atomic E-state index is 8.33. The van der Waals surface area contributed by atoms with E-state index in [4.69, 9.17) is 16.7 Å². The Labute approximate surface area is 68.3 Å². The third-order valence-corrected chi connectivity index (χ3v) is 2.01. The number of rotatable bonds is 0. The molecule has 1 aromatic heterocycles. The number of aliphatic hydroxyl groups is 1. The van der Waals surface area contributed by atoms with Crippen LogP contribution in [0, 0.1) is 11.8 Å². The minimum absolute atomic E-state index is 0.102. The van der Waals surface area contributed by atoms with Crippen LogP contribution in [-0.4, -0.2) is 11.7 Å². The molecule has 0 amide bonds. The van der Waals surface area contributed by atoms with Crippen molar-refractivity contribution in [3.63, 3.8) is 0 Å². The van der Waals surface area contributed by atoms with Crippen LogP contribution < -0.4 is 0 Å². The molecule has 0 aromatic carbocycles. The first kappa shape index (κ1) is 7.62.